The van der Waals surface area contributed by atoms with Gasteiger partial charge in [-0.1, -0.05) is 18.2 Å². The van der Waals surface area contributed by atoms with Gasteiger partial charge < -0.3 is 25.0 Å². The second-order valence-electron chi connectivity index (χ2n) is 7.52. The first-order valence-corrected chi connectivity index (χ1v) is 10.5. The number of benzene rings is 2. The first kappa shape index (κ1) is 19.9. The normalized spacial score (nSPS) is 13.9. The molecule has 1 saturated heterocycles. The van der Waals surface area contributed by atoms with Crippen LogP contribution in [0, 0.1) is 0 Å². The van der Waals surface area contributed by atoms with E-state index in [2.05, 4.69) is 36.9 Å². The van der Waals surface area contributed by atoms with Gasteiger partial charge in [0.05, 0.1) is 7.11 Å². The Hall–Kier alpha value is -4.07. The van der Waals surface area contributed by atoms with Crippen LogP contribution in [0.4, 0.5) is 17.2 Å². The molecule has 0 amide bonds. The minimum absolute atomic E-state index is 0.339. The molecule has 2 aromatic heterocycles. The van der Waals surface area contributed by atoms with Crippen LogP contribution in [0.3, 0.4) is 0 Å². The van der Waals surface area contributed by atoms with E-state index in [0.717, 1.165) is 42.8 Å². The van der Waals surface area contributed by atoms with Crippen molar-refractivity contribution in [2.75, 3.05) is 48.8 Å². The van der Waals surface area contributed by atoms with Crippen molar-refractivity contribution in [3.05, 3.63) is 67.1 Å². The van der Waals surface area contributed by atoms with Crippen LogP contribution in [0.5, 0.6) is 17.4 Å². The third kappa shape index (κ3) is 3.82. The van der Waals surface area contributed by atoms with E-state index in [-0.39, 0.29) is 0 Å². The molecule has 32 heavy (non-hydrogen) atoms. The summed E-state index contributed by atoms with van der Waals surface area (Å²) >= 11 is 0. The summed E-state index contributed by atoms with van der Waals surface area (Å²) in [6, 6.07) is 17.8. The molecule has 0 unspecified atom stereocenters. The molecule has 0 spiro atoms. The standard InChI is InChI=1S/C24H24N6O2/c1-31-19-9-7-18(8-10-19)29-12-14-30(15-13-29)23-21(25)24(28-16-27-23)32-20-6-2-4-17-5-3-11-26-22(17)20/h2-11,16H,12-15,25H2,1H3. The maximum absolute atomic E-state index is 6.44. The van der Waals surface area contributed by atoms with Crippen molar-refractivity contribution in [1.29, 1.82) is 0 Å². The highest BCUT2D eigenvalue weighted by Gasteiger charge is 2.22. The lowest BCUT2D eigenvalue weighted by Crippen LogP contribution is -2.47. The quantitative estimate of drug-likeness (QED) is 0.514. The number of rotatable bonds is 5. The van der Waals surface area contributed by atoms with Gasteiger partial charge in [0.25, 0.3) is 0 Å². The molecule has 2 N–H and O–H groups in total. The van der Waals surface area contributed by atoms with Gasteiger partial charge in [0.1, 0.15) is 23.3 Å². The van der Waals surface area contributed by atoms with Crippen molar-refractivity contribution < 1.29 is 9.47 Å². The lowest BCUT2D eigenvalue weighted by Gasteiger charge is -2.37. The summed E-state index contributed by atoms with van der Waals surface area (Å²) in [6.45, 7) is 3.31. The lowest BCUT2D eigenvalue weighted by molar-refractivity contribution is 0.415. The molecule has 0 aliphatic carbocycles. The number of para-hydroxylation sites is 1. The molecule has 0 saturated carbocycles. The van der Waals surface area contributed by atoms with E-state index in [1.165, 1.54) is 12.0 Å². The fraction of sp³-hybridized carbons (Fsp3) is 0.208. The molecular formula is C24H24N6O2. The molecule has 162 valence electrons. The first-order chi connectivity index (χ1) is 15.7. The average Bonchev–Trinajstić information content (AvgIpc) is 2.86. The summed E-state index contributed by atoms with van der Waals surface area (Å²) < 4.78 is 11.3. The Balaban J connectivity index is 1.33. The number of nitrogens with two attached hydrogens (primary N) is 1. The summed E-state index contributed by atoms with van der Waals surface area (Å²) in [4.78, 5) is 17.7. The number of anilines is 3. The largest absolute Gasteiger partial charge is 0.497 e. The second kappa shape index (κ2) is 8.58. The molecule has 4 aromatic rings. The van der Waals surface area contributed by atoms with Gasteiger partial charge in [0.2, 0.25) is 5.88 Å². The fourth-order valence-corrected chi connectivity index (χ4v) is 3.94. The number of hydrogen-bond acceptors (Lipinski definition) is 8. The van der Waals surface area contributed by atoms with Gasteiger partial charge in [-0.05, 0) is 36.4 Å². The van der Waals surface area contributed by atoms with E-state index in [9.17, 15) is 0 Å². The maximum atomic E-state index is 6.44. The smallest absolute Gasteiger partial charge is 0.248 e. The number of nitrogen functional groups attached to an aromatic ring is 1. The van der Waals surface area contributed by atoms with Crippen LogP contribution in [0.25, 0.3) is 10.9 Å². The highest BCUT2D eigenvalue weighted by molar-refractivity contribution is 5.84. The number of fused-ring (bicyclic) bond motifs is 1. The summed E-state index contributed by atoms with van der Waals surface area (Å²) in [7, 11) is 1.68. The molecule has 0 bridgehead atoms. The fourth-order valence-electron chi connectivity index (χ4n) is 3.94. The van der Waals surface area contributed by atoms with E-state index in [1.807, 2.05) is 42.5 Å². The van der Waals surface area contributed by atoms with Crippen LogP contribution >= 0.6 is 0 Å². The van der Waals surface area contributed by atoms with Crippen LogP contribution < -0.4 is 25.0 Å². The molecule has 5 rings (SSSR count). The highest BCUT2D eigenvalue weighted by atomic mass is 16.5. The topological polar surface area (TPSA) is 89.6 Å². The predicted octanol–water partition coefficient (Wildman–Crippen LogP) is 3.73. The Kier molecular flexibility index (Phi) is 5.33. The lowest BCUT2D eigenvalue weighted by atomic mass is 10.2. The number of nitrogens with zero attached hydrogens (tertiary/aromatic N) is 5. The molecule has 8 nitrogen and oxygen atoms in total. The summed E-state index contributed by atoms with van der Waals surface area (Å²) in [5.74, 6) is 2.50. The third-order valence-corrected chi connectivity index (χ3v) is 5.65. The van der Waals surface area contributed by atoms with E-state index < -0.39 is 0 Å². The van der Waals surface area contributed by atoms with E-state index in [0.29, 0.717) is 23.1 Å². The number of methoxy groups -OCH3 is 1. The molecule has 8 heteroatoms. The number of hydrogen-bond donors (Lipinski definition) is 1. The molecule has 0 atom stereocenters. The van der Waals surface area contributed by atoms with E-state index in [4.69, 9.17) is 15.2 Å². The van der Waals surface area contributed by atoms with Crippen molar-refractivity contribution in [1.82, 2.24) is 15.0 Å². The Labute approximate surface area is 186 Å². The van der Waals surface area contributed by atoms with E-state index in [1.54, 1.807) is 13.3 Å². The Bertz CT molecular complexity index is 1220. The van der Waals surface area contributed by atoms with Gasteiger partial charge in [0.15, 0.2) is 11.6 Å². The van der Waals surface area contributed by atoms with Gasteiger partial charge in [-0.25, -0.2) is 4.98 Å². The van der Waals surface area contributed by atoms with Crippen LogP contribution in [-0.4, -0.2) is 48.2 Å². The Morgan fingerprint density at radius 3 is 2.38 bits per heavy atom. The zero-order valence-corrected chi connectivity index (χ0v) is 17.8. The van der Waals surface area contributed by atoms with Crippen LogP contribution in [-0.2, 0) is 0 Å². The Morgan fingerprint density at radius 1 is 0.844 bits per heavy atom. The number of ether oxygens (including phenoxy) is 2. The molecule has 3 heterocycles. The Morgan fingerprint density at radius 2 is 1.59 bits per heavy atom. The molecule has 1 aliphatic heterocycles. The zero-order chi connectivity index (χ0) is 21.9. The van der Waals surface area contributed by atoms with Gasteiger partial charge in [-0.3, -0.25) is 4.98 Å². The summed E-state index contributed by atoms with van der Waals surface area (Å²) in [6.07, 6.45) is 3.24. The monoisotopic (exact) mass is 428 g/mol. The van der Waals surface area contributed by atoms with Crippen LogP contribution in [0.2, 0.25) is 0 Å². The first-order valence-electron chi connectivity index (χ1n) is 10.5. The molecule has 1 fully saturated rings. The van der Waals surface area contributed by atoms with Crippen molar-refractivity contribution in [3.63, 3.8) is 0 Å². The number of pyridine rings is 1. The molecule has 0 radical (unpaired) electrons. The summed E-state index contributed by atoms with van der Waals surface area (Å²) in [5, 5.41) is 0.993. The van der Waals surface area contributed by atoms with Gasteiger partial charge in [-0.2, -0.15) is 4.98 Å². The minimum Gasteiger partial charge on any atom is -0.497 e. The zero-order valence-electron chi connectivity index (χ0n) is 17.8. The predicted molar refractivity (Wildman–Crippen MR) is 126 cm³/mol. The van der Waals surface area contributed by atoms with Crippen molar-refractivity contribution in [2.24, 2.45) is 0 Å². The van der Waals surface area contributed by atoms with Crippen LogP contribution in [0.15, 0.2) is 67.1 Å². The van der Waals surface area contributed by atoms with Gasteiger partial charge >= 0.3 is 0 Å². The molecular weight excluding hydrogens is 404 g/mol. The van der Waals surface area contributed by atoms with Crippen molar-refractivity contribution in [2.45, 2.75) is 0 Å². The van der Waals surface area contributed by atoms with Crippen LogP contribution in [0.1, 0.15) is 0 Å². The van der Waals surface area contributed by atoms with Gasteiger partial charge in [-0.15, -0.1) is 0 Å². The van der Waals surface area contributed by atoms with Crippen molar-refractivity contribution in [3.8, 4) is 17.4 Å². The van der Waals surface area contributed by atoms with Gasteiger partial charge in [0, 0.05) is 43.4 Å². The number of aromatic nitrogens is 3. The SMILES string of the molecule is COc1ccc(N2CCN(c3ncnc(Oc4cccc5cccnc45)c3N)CC2)cc1. The average molecular weight is 428 g/mol. The summed E-state index contributed by atoms with van der Waals surface area (Å²) in [5.41, 5.74) is 8.81. The van der Waals surface area contributed by atoms with Crippen molar-refractivity contribution >= 4 is 28.1 Å². The highest BCUT2D eigenvalue weighted by Crippen LogP contribution is 2.34. The third-order valence-electron chi connectivity index (χ3n) is 5.65. The molecule has 2 aromatic carbocycles. The second-order valence-corrected chi connectivity index (χ2v) is 7.52. The van der Waals surface area contributed by atoms with E-state index >= 15 is 0 Å². The molecule has 1 aliphatic rings. The number of piperazine rings is 1. The maximum Gasteiger partial charge on any atom is 0.248 e. The minimum atomic E-state index is 0.339.